The molecule has 1 N–H and O–H groups in total. The van der Waals surface area contributed by atoms with E-state index in [2.05, 4.69) is 58.9 Å². The Morgan fingerprint density at radius 2 is 1.93 bits per heavy atom. The third kappa shape index (κ3) is 3.74. The van der Waals surface area contributed by atoms with Gasteiger partial charge in [0, 0.05) is 41.4 Å². The second-order valence-electron chi connectivity index (χ2n) is 7.22. The van der Waals surface area contributed by atoms with Crippen LogP contribution in [0.4, 0.5) is 0 Å². The summed E-state index contributed by atoms with van der Waals surface area (Å²) in [6.45, 7) is 5.19. The molecule has 0 radical (unpaired) electrons. The molecule has 3 heterocycles. The number of hydrogen-bond donors (Lipinski definition) is 1. The maximum absolute atomic E-state index is 12.7. The van der Waals surface area contributed by atoms with Gasteiger partial charge in [0.05, 0.1) is 11.3 Å². The topological polar surface area (TPSA) is 61.9 Å². The molecule has 0 bridgehead atoms. The Hall–Kier alpha value is -2.83. The van der Waals surface area contributed by atoms with Gasteiger partial charge in [-0.2, -0.15) is 0 Å². The minimum absolute atomic E-state index is 0.117. The van der Waals surface area contributed by atoms with Crippen LogP contribution in [0.15, 0.2) is 59.0 Å². The van der Waals surface area contributed by atoms with Crippen LogP contribution < -0.4 is 5.56 Å². The van der Waals surface area contributed by atoms with Gasteiger partial charge in [-0.3, -0.25) is 14.7 Å². The van der Waals surface area contributed by atoms with E-state index in [4.69, 9.17) is 0 Å². The summed E-state index contributed by atoms with van der Waals surface area (Å²) in [6, 6.07) is 12.5. The van der Waals surface area contributed by atoms with Crippen LogP contribution in [0, 0.1) is 0 Å². The lowest BCUT2D eigenvalue weighted by atomic mass is 10.1. The molecule has 142 valence electrons. The number of aromatic amines is 1. The number of benzene rings is 1. The van der Waals surface area contributed by atoms with Crippen molar-refractivity contribution in [2.75, 3.05) is 7.05 Å². The lowest BCUT2D eigenvalue weighted by Gasteiger charge is -2.21. The highest BCUT2D eigenvalue weighted by Crippen LogP contribution is 2.28. The van der Waals surface area contributed by atoms with Gasteiger partial charge in [-0.05, 0) is 56.1 Å². The van der Waals surface area contributed by atoms with Crippen molar-refractivity contribution in [3.63, 3.8) is 0 Å². The van der Waals surface area contributed by atoms with Crippen molar-refractivity contribution in [3.8, 4) is 21.8 Å². The van der Waals surface area contributed by atoms with E-state index in [-0.39, 0.29) is 5.56 Å². The summed E-state index contributed by atoms with van der Waals surface area (Å²) in [5, 5.41) is 3.81. The summed E-state index contributed by atoms with van der Waals surface area (Å²) >= 11 is 1.53. The van der Waals surface area contributed by atoms with Crippen molar-refractivity contribution in [1.82, 2.24) is 19.9 Å². The van der Waals surface area contributed by atoms with E-state index in [1.165, 1.54) is 16.9 Å². The molecular formula is C22H22N4OS. The van der Waals surface area contributed by atoms with Gasteiger partial charge in [0.1, 0.15) is 5.01 Å². The Morgan fingerprint density at radius 1 is 1.14 bits per heavy atom. The zero-order valence-corrected chi connectivity index (χ0v) is 17.0. The number of nitrogens with one attached hydrogen (secondary N) is 1. The smallest absolute Gasteiger partial charge is 0.257 e. The third-order valence-electron chi connectivity index (χ3n) is 4.93. The molecule has 0 aliphatic carbocycles. The van der Waals surface area contributed by atoms with Crippen LogP contribution in [0.1, 0.15) is 19.4 Å². The van der Waals surface area contributed by atoms with E-state index in [9.17, 15) is 4.79 Å². The fourth-order valence-corrected chi connectivity index (χ4v) is 3.86. The maximum atomic E-state index is 12.7. The zero-order chi connectivity index (χ0) is 19.7. The van der Waals surface area contributed by atoms with Crippen molar-refractivity contribution < 1.29 is 0 Å². The molecule has 28 heavy (non-hydrogen) atoms. The minimum atomic E-state index is -0.117. The molecule has 0 unspecified atom stereocenters. The number of fused-ring (bicyclic) bond motifs is 1. The highest BCUT2D eigenvalue weighted by molar-refractivity contribution is 7.13. The Morgan fingerprint density at radius 3 is 2.68 bits per heavy atom. The van der Waals surface area contributed by atoms with E-state index in [1.807, 2.05) is 23.6 Å². The molecule has 4 aromatic rings. The van der Waals surface area contributed by atoms with Crippen LogP contribution in [-0.4, -0.2) is 32.9 Å². The monoisotopic (exact) mass is 390 g/mol. The Bertz CT molecular complexity index is 1160. The first-order chi connectivity index (χ1) is 13.5. The summed E-state index contributed by atoms with van der Waals surface area (Å²) in [7, 11) is 2.10. The summed E-state index contributed by atoms with van der Waals surface area (Å²) in [5.41, 5.74) is 4.21. The molecule has 1 aromatic carbocycles. The van der Waals surface area contributed by atoms with Gasteiger partial charge in [-0.1, -0.05) is 12.1 Å². The molecular weight excluding hydrogens is 368 g/mol. The zero-order valence-electron chi connectivity index (χ0n) is 16.1. The normalized spacial score (nSPS) is 11.6. The maximum Gasteiger partial charge on any atom is 0.257 e. The molecule has 0 aliphatic heterocycles. The van der Waals surface area contributed by atoms with E-state index >= 15 is 0 Å². The summed E-state index contributed by atoms with van der Waals surface area (Å²) < 4.78 is 0. The predicted octanol–water partition coefficient (Wildman–Crippen LogP) is 4.55. The van der Waals surface area contributed by atoms with Crippen LogP contribution in [-0.2, 0) is 6.54 Å². The number of pyridine rings is 2. The average Bonchev–Trinajstić information content (AvgIpc) is 3.18. The second-order valence-corrected chi connectivity index (χ2v) is 8.07. The molecule has 0 fully saturated rings. The highest BCUT2D eigenvalue weighted by atomic mass is 32.1. The summed E-state index contributed by atoms with van der Waals surface area (Å²) in [5.74, 6) is 0. The van der Waals surface area contributed by atoms with Gasteiger partial charge >= 0.3 is 0 Å². The Kier molecular flexibility index (Phi) is 5.07. The Labute approximate surface area is 167 Å². The SMILES string of the molecule is CC(C)N(C)Cc1ccc2cc(-c3csc(-c4ccncc4)n3)c(=O)[nH]c2c1. The molecule has 0 spiro atoms. The lowest BCUT2D eigenvalue weighted by molar-refractivity contribution is 0.266. The van der Waals surface area contributed by atoms with E-state index in [0.29, 0.717) is 17.3 Å². The first-order valence-corrected chi connectivity index (χ1v) is 10.1. The molecule has 0 saturated heterocycles. The second kappa shape index (κ2) is 7.66. The first kappa shape index (κ1) is 18.5. The fourth-order valence-electron chi connectivity index (χ4n) is 3.03. The van der Waals surface area contributed by atoms with Gasteiger partial charge < -0.3 is 4.98 Å². The number of nitrogens with zero attached hydrogens (tertiary/aromatic N) is 3. The number of aromatic nitrogens is 3. The number of thiazole rings is 1. The molecule has 0 aliphatic rings. The molecule has 6 heteroatoms. The minimum Gasteiger partial charge on any atom is -0.321 e. The third-order valence-corrected chi connectivity index (χ3v) is 5.82. The molecule has 4 rings (SSSR count). The average molecular weight is 391 g/mol. The Balaban J connectivity index is 1.68. The van der Waals surface area contributed by atoms with Crippen LogP contribution in [0.2, 0.25) is 0 Å². The van der Waals surface area contributed by atoms with Gasteiger partial charge in [-0.25, -0.2) is 4.98 Å². The lowest BCUT2D eigenvalue weighted by Crippen LogP contribution is -2.25. The van der Waals surface area contributed by atoms with Crippen LogP contribution >= 0.6 is 11.3 Å². The molecule has 0 amide bonds. The highest BCUT2D eigenvalue weighted by Gasteiger charge is 2.12. The standard InChI is InChI=1S/C22H22N4OS/c1-14(2)26(3)12-15-4-5-17-11-18(21(27)24-19(17)10-15)20-13-28-22(25-20)16-6-8-23-9-7-16/h4-11,13-14H,12H2,1-3H3,(H,24,27). The van der Waals surface area contributed by atoms with Crippen molar-refractivity contribution in [3.05, 3.63) is 70.1 Å². The molecule has 0 atom stereocenters. The van der Waals surface area contributed by atoms with E-state index in [1.54, 1.807) is 12.4 Å². The van der Waals surface area contributed by atoms with Gasteiger partial charge in [-0.15, -0.1) is 11.3 Å². The first-order valence-electron chi connectivity index (χ1n) is 9.24. The summed E-state index contributed by atoms with van der Waals surface area (Å²) in [4.78, 5) is 26.7. The predicted molar refractivity (Wildman–Crippen MR) is 116 cm³/mol. The van der Waals surface area contributed by atoms with Crippen molar-refractivity contribution >= 4 is 22.2 Å². The van der Waals surface area contributed by atoms with Crippen LogP contribution in [0.5, 0.6) is 0 Å². The van der Waals surface area contributed by atoms with Crippen molar-refractivity contribution in [1.29, 1.82) is 0 Å². The number of hydrogen-bond acceptors (Lipinski definition) is 5. The van der Waals surface area contributed by atoms with Crippen LogP contribution in [0.25, 0.3) is 32.7 Å². The van der Waals surface area contributed by atoms with Crippen molar-refractivity contribution in [2.45, 2.75) is 26.4 Å². The summed E-state index contributed by atoms with van der Waals surface area (Å²) in [6.07, 6.45) is 3.49. The van der Waals surface area contributed by atoms with E-state index < -0.39 is 0 Å². The largest absolute Gasteiger partial charge is 0.321 e. The van der Waals surface area contributed by atoms with E-state index in [0.717, 1.165) is 28.0 Å². The van der Waals surface area contributed by atoms with Gasteiger partial charge in [0.25, 0.3) is 5.56 Å². The molecule has 3 aromatic heterocycles. The number of H-pyrrole nitrogens is 1. The number of rotatable bonds is 5. The van der Waals surface area contributed by atoms with Gasteiger partial charge in [0.2, 0.25) is 0 Å². The van der Waals surface area contributed by atoms with Gasteiger partial charge in [0.15, 0.2) is 0 Å². The molecule has 0 saturated carbocycles. The van der Waals surface area contributed by atoms with Crippen LogP contribution in [0.3, 0.4) is 0 Å². The fraction of sp³-hybridized carbons (Fsp3) is 0.227. The molecule has 5 nitrogen and oxygen atoms in total. The van der Waals surface area contributed by atoms with Crippen molar-refractivity contribution in [2.24, 2.45) is 0 Å². The quantitative estimate of drug-likeness (QED) is 0.543.